The highest BCUT2D eigenvalue weighted by Crippen LogP contribution is 2.56. The van der Waals surface area contributed by atoms with E-state index in [-0.39, 0.29) is 23.2 Å². The van der Waals surface area contributed by atoms with E-state index in [1.165, 1.54) is 72.8 Å². The van der Waals surface area contributed by atoms with Crippen molar-refractivity contribution in [3.8, 4) is 5.75 Å². The number of hydrogen-bond acceptors (Lipinski definition) is 5. The fourth-order valence-corrected chi connectivity index (χ4v) is 7.52. The summed E-state index contributed by atoms with van der Waals surface area (Å²) in [5.74, 6) is 0.535. The standard InChI is InChI=1S/C31H34N2O4/c1-21(34)37-25-12-9-23-19-28-26-6-2-3-15-31(26,27(23)20-25)16-18-32(28)17-4-5-22-7-10-24(11-8-22)33-29(35)13-14-30(33)36/h7-14,20,26,28H,2-6,15-19H2,1H3/t26-,28+,31+/m0/s1. The molecule has 3 atom stereocenters. The first-order valence-corrected chi connectivity index (χ1v) is 13.7. The Balaban J connectivity index is 1.14. The van der Waals surface area contributed by atoms with Crippen LogP contribution in [0.5, 0.6) is 5.75 Å². The van der Waals surface area contributed by atoms with Crippen LogP contribution in [-0.2, 0) is 32.6 Å². The van der Waals surface area contributed by atoms with Crippen LogP contribution in [0.2, 0.25) is 0 Å². The molecule has 2 aromatic rings. The number of carbonyl (C=O) groups excluding carboxylic acids is 3. The van der Waals surface area contributed by atoms with Gasteiger partial charge in [-0.05, 0) is 98.5 Å². The maximum absolute atomic E-state index is 11.9. The maximum atomic E-state index is 11.9. The SMILES string of the molecule is CC(=O)Oc1ccc2c(c1)[C@@]13CCCC[C@H]1[C@@H](C2)N(CCCc1ccc(N2C(=O)C=CC2=O)cc1)CC3. The third kappa shape index (κ3) is 4.31. The van der Waals surface area contributed by atoms with Crippen molar-refractivity contribution in [2.75, 3.05) is 18.0 Å². The minimum Gasteiger partial charge on any atom is -0.427 e. The molecule has 0 aromatic heterocycles. The molecule has 6 heteroatoms. The number of benzene rings is 2. The monoisotopic (exact) mass is 498 g/mol. The molecule has 2 bridgehead atoms. The van der Waals surface area contributed by atoms with Crippen molar-refractivity contribution in [2.24, 2.45) is 5.92 Å². The lowest BCUT2D eigenvalue weighted by atomic mass is 9.52. The molecule has 2 aliphatic carbocycles. The fraction of sp³-hybridized carbons (Fsp3) is 0.452. The quantitative estimate of drug-likeness (QED) is 0.327. The molecule has 37 heavy (non-hydrogen) atoms. The molecule has 2 fully saturated rings. The van der Waals surface area contributed by atoms with Crippen molar-refractivity contribution in [1.82, 2.24) is 4.90 Å². The van der Waals surface area contributed by atoms with E-state index in [2.05, 4.69) is 17.0 Å². The third-order valence-electron chi connectivity index (χ3n) is 9.10. The lowest BCUT2D eigenvalue weighted by molar-refractivity contribution is -0.132. The Morgan fingerprint density at radius 3 is 2.57 bits per heavy atom. The number of fused-ring (bicyclic) bond motifs is 1. The van der Waals surface area contributed by atoms with Gasteiger partial charge in [0, 0.05) is 30.5 Å². The molecular weight excluding hydrogens is 464 g/mol. The summed E-state index contributed by atoms with van der Waals surface area (Å²) in [6.07, 6.45) is 12.0. The average Bonchev–Trinajstić information content (AvgIpc) is 3.23. The zero-order valence-corrected chi connectivity index (χ0v) is 21.4. The van der Waals surface area contributed by atoms with Crippen molar-refractivity contribution < 1.29 is 19.1 Å². The molecule has 4 aliphatic rings. The fourth-order valence-electron chi connectivity index (χ4n) is 7.52. The van der Waals surface area contributed by atoms with E-state index < -0.39 is 0 Å². The average molecular weight is 499 g/mol. The molecule has 0 radical (unpaired) electrons. The number of hydrogen-bond donors (Lipinski definition) is 0. The third-order valence-corrected chi connectivity index (χ3v) is 9.10. The highest BCUT2D eigenvalue weighted by atomic mass is 16.5. The van der Waals surface area contributed by atoms with E-state index in [4.69, 9.17) is 4.74 Å². The van der Waals surface area contributed by atoms with Gasteiger partial charge in [-0.2, -0.15) is 0 Å². The van der Waals surface area contributed by atoms with Gasteiger partial charge in [-0.25, -0.2) is 4.90 Å². The number of aryl methyl sites for hydroxylation is 1. The van der Waals surface area contributed by atoms with Gasteiger partial charge in [0.25, 0.3) is 11.8 Å². The molecule has 6 rings (SSSR count). The second-order valence-electron chi connectivity index (χ2n) is 11.1. The Morgan fingerprint density at radius 2 is 1.81 bits per heavy atom. The largest absolute Gasteiger partial charge is 0.427 e. The number of anilines is 1. The summed E-state index contributed by atoms with van der Waals surface area (Å²) in [5, 5.41) is 0. The van der Waals surface area contributed by atoms with Gasteiger partial charge in [-0.15, -0.1) is 0 Å². The predicted molar refractivity (Wildman–Crippen MR) is 141 cm³/mol. The molecule has 6 nitrogen and oxygen atoms in total. The van der Waals surface area contributed by atoms with Crippen molar-refractivity contribution >= 4 is 23.5 Å². The number of ether oxygens (including phenoxy) is 1. The maximum Gasteiger partial charge on any atom is 0.308 e. The van der Waals surface area contributed by atoms with Crippen LogP contribution in [0.15, 0.2) is 54.6 Å². The topological polar surface area (TPSA) is 66.9 Å². The van der Waals surface area contributed by atoms with E-state index in [1.54, 1.807) is 0 Å². The van der Waals surface area contributed by atoms with Crippen LogP contribution in [0.3, 0.4) is 0 Å². The molecule has 0 unspecified atom stereocenters. The minimum atomic E-state index is -0.279. The van der Waals surface area contributed by atoms with Crippen molar-refractivity contribution in [3.05, 3.63) is 71.3 Å². The number of esters is 1. The molecule has 2 amide bonds. The number of piperidine rings is 1. The van der Waals surface area contributed by atoms with Gasteiger partial charge < -0.3 is 4.74 Å². The van der Waals surface area contributed by atoms with Crippen LogP contribution in [0, 0.1) is 5.92 Å². The molecule has 0 spiro atoms. The van der Waals surface area contributed by atoms with Crippen molar-refractivity contribution in [2.45, 2.75) is 69.7 Å². The normalized spacial score (nSPS) is 26.7. The summed E-state index contributed by atoms with van der Waals surface area (Å²) >= 11 is 0. The number of nitrogens with zero attached hydrogens (tertiary/aromatic N) is 2. The van der Waals surface area contributed by atoms with Gasteiger partial charge in [-0.1, -0.05) is 31.0 Å². The van der Waals surface area contributed by atoms with E-state index in [0.29, 0.717) is 23.4 Å². The Kier molecular flexibility index (Phi) is 6.23. The summed E-state index contributed by atoms with van der Waals surface area (Å²) in [6.45, 7) is 3.66. The van der Waals surface area contributed by atoms with Crippen LogP contribution in [0.4, 0.5) is 5.69 Å². The van der Waals surface area contributed by atoms with Gasteiger partial charge in [0.15, 0.2) is 0 Å². The zero-order valence-electron chi connectivity index (χ0n) is 21.4. The number of amides is 2. The van der Waals surface area contributed by atoms with E-state index in [1.807, 2.05) is 30.3 Å². The second kappa shape index (κ2) is 9.56. The van der Waals surface area contributed by atoms with Crippen LogP contribution >= 0.6 is 0 Å². The lowest BCUT2D eigenvalue weighted by Gasteiger charge is -2.59. The smallest absolute Gasteiger partial charge is 0.308 e. The second-order valence-corrected chi connectivity index (χ2v) is 11.1. The highest BCUT2D eigenvalue weighted by Gasteiger charge is 2.53. The minimum absolute atomic E-state index is 0.221. The summed E-state index contributed by atoms with van der Waals surface area (Å²) in [7, 11) is 0. The van der Waals surface area contributed by atoms with Crippen LogP contribution in [0.1, 0.15) is 62.1 Å². The number of rotatable bonds is 6. The molecular formula is C31H34N2O4. The van der Waals surface area contributed by atoms with Crippen molar-refractivity contribution in [1.29, 1.82) is 0 Å². The van der Waals surface area contributed by atoms with Crippen LogP contribution in [0.25, 0.3) is 0 Å². The molecule has 2 heterocycles. The highest BCUT2D eigenvalue weighted by molar-refractivity contribution is 6.28. The van der Waals surface area contributed by atoms with Crippen molar-refractivity contribution in [3.63, 3.8) is 0 Å². The first-order chi connectivity index (χ1) is 17.9. The zero-order chi connectivity index (χ0) is 25.6. The van der Waals surface area contributed by atoms with E-state index in [0.717, 1.165) is 32.4 Å². The number of carbonyl (C=O) groups is 3. The van der Waals surface area contributed by atoms with E-state index in [9.17, 15) is 14.4 Å². The van der Waals surface area contributed by atoms with Gasteiger partial charge in [0.05, 0.1) is 5.69 Å². The Morgan fingerprint density at radius 1 is 1.03 bits per heavy atom. The molecule has 192 valence electrons. The number of likely N-dealkylation sites (tertiary alicyclic amines) is 1. The van der Waals surface area contributed by atoms with Crippen LogP contribution in [-0.4, -0.2) is 41.8 Å². The molecule has 1 saturated heterocycles. The van der Waals surface area contributed by atoms with Gasteiger partial charge in [0.1, 0.15) is 5.75 Å². The predicted octanol–water partition coefficient (Wildman–Crippen LogP) is 4.73. The van der Waals surface area contributed by atoms with Gasteiger partial charge in [-0.3, -0.25) is 19.3 Å². The Hall–Kier alpha value is -3.25. The Bertz CT molecular complexity index is 1250. The molecule has 1 saturated carbocycles. The van der Waals surface area contributed by atoms with E-state index >= 15 is 0 Å². The van der Waals surface area contributed by atoms with Gasteiger partial charge in [0.2, 0.25) is 0 Å². The summed E-state index contributed by atoms with van der Waals surface area (Å²) in [6, 6.07) is 14.7. The summed E-state index contributed by atoms with van der Waals surface area (Å²) in [4.78, 5) is 39.4. The molecule has 2 aromatic carbocycles. The summed E-state index contributed by atoms with van der Waals surface area (Å²) in [5.41, 5.74) is 4.95. The molecule has 2 aliphatic heterocycles. The number of imide groups is 1. The van der Waals surface area contributed by atoms with Crippen LogP contribution < -0.4 is 9.64 Å². The van der Waals surface area contributed by atoms with Gasteiger partial charge >= 0.3 is 5.97 Å². The lowest BCUT2D eigenvalue weighted by Crippen LogP contribution is -2.61. The molecule has 0 N–H and O–H groups in total. The first kappa shape index (κ1) is 24.1. The first-order valence-electron chi connectivity index (χ1n) is 13.7. The summed E-state index contributed by atoms with van der Waals surface area (Å²) < 4.78 is 5.47. The Labute approximate surface area is 218 Å².